The molecule has 0 aliphatic carbocycles. The molecule has 0 radical (unpaired) electrons. The molecule has 1 N–H and O–H groups in total. The molecule has 0 aliphatic heterocycles. The van der Waals surface area contributed by atoms with Crippen LogP contribution in [0.4, 0.5) is 0 Å². The number of rotatable bonds is 5. The predicted molar refractivity (Wildman–Crippen MR) is 94.7 cm³/mol. The first-order chi connectivity index (χ1) is 11.8. The Labute approximate surface area is 142 Å². The molecule has 2 aromatic heterocycles. The second-order valence-corrected chi connectivity index (χ2v) is 6.22. The van der Waals surface area contributed by atoms with Gasteiger partial charge in [-0.15, -0.1) is 10.2 Å². The van der Waals surface area contributed by atoms with Gasteiger partial charge in [0.1, 0.15) is 6.33 Å². The highest BCUT2D eigenvalue weighted by Crippen LogP contribution is 2.23. The summed E-state index contributed by atoms with van der Waals surface area (Å²) in [4.78, 5) is 15.7. The highest BCUT2D eigenvalue weighted by atomic mass is 32.2. The van der Waals surface area contributed by atoms with E-state index in [2.05, 4.69) is 15.2 Å². The lowest BCUT2D eigenvalue weighted by molar-refractivity contribution is 0.102. The Morgan fingerprint density at radius 1 is 1.08 bits per heavy atom. The Morgan fingerprint density at radius 2 is 1.88 bits per heavy atom. The number of carbonyl (C=O) groups is 1. The number of benzene rings is 2. The summed E-state index contributed by atoms with van der Waals surface area (Å²) in [5.74, 6) is 0.382. The standard InChI is InChI=1S/C18H14N4OS/c23-17(15-10-19-16-9-5-4-8-14(15)16)11-24-18-21-20-12-22(18)13-6-2-1-3-7-13/h1-10,12,19H,11H2. The molecule has 24 heavy (non-hydrogen) atoms. The first kappa shape index (κ1) is 14.7. The summed E-state index contributed by atoms with van der Waals surface area (Å²) in [5, 5.41) is 9.74. The number of thioether (sulfide) groups is 1. The number of carbonyl (C=O) groups excluding carboxylic acids is 1. The van der Waals surface area contributed by atoms with E-state index >= 15 is 0 Å². The van der Waals surface area contributed by atoms with Crippen molar-refractivity contribution in [3.63, 3.8) is 0 Å². The number of nitrogens with one attached hydrogen (secondary N) is 1. The minimum Gasteiger partial charge on any atom is -0.360 e. The number of hydrogen-bond acceptors (Lipinski definition) is 4. The van der Waals surface area contributed by atoms with Crippen molar-refractivity contribution in [2.45, 2.75) is 5.16 Å². The quantitative estimate of drug-likeness (QED) is 0.446. The molecule has 5 nitrogen and oxygen atoms in total. The van der Waals surface area contributed by atoms with Crippen molar-refractivity contribution in [2.24, 2.45) is 0 Å². The van der Waals surface area contributed by atoms with Crippen molar-refractivity contribution in [3.8, 4) is 5.69 Å². The fraction of sp³-hybridized carbons (Fsp3) is 0.0556. The van der Waals surface area contributed by atoms with E-state index in [9.17, 15) is 4.79 Å². The van der Waals surface area contributed by atoms with Crippen LogP contribution in [-0.2, 0) is 0 Å². The Morgan fingerprint density at radius 3 is 2.75 bits per heavy atom. The topological polar surface area (TPSA) is 63.6 Å². The smallest absolute Gasteiger partial charge is 0.196 e. The van der Waals surface area contributed by atoms with Gasteiger partial charge in [0.15, 0.2) is 10.9 Å². The second kappa shape index (κ2) is 6.33. The molecule has 2 heterocycles. The molecule has 0 saturated carbocycles. The number of aromatic nitrogens is 4. The zero-order valence-corrected chi connectivity index (χ0v) is 13.5. The molecule has 6 heteroatoms. The molecule has 0 unspecified atom stereocenters. The zero-order valence-electron chi connectivity index (χ0n) is 12.7. The third kappa shape index (κ3) is 2.72. The highest BCUT2D eigenvalue weighted by molar-refractivity contribution is 7.99. The molecule has 0 spiro atoms. The molecule has 0 saturated heterocycles. The van der Waals surface area contributed by atoms with Crippen LogP contribution in [0.2, 0.25) is 0 Å². The number of nitrogens with zero attached hydrogens (tertiary/aromatic N) is 3. The van der Waals surface area contributed by atoms with Crippen LogP contribution in [0.5, 0.6) is 0 Å². The Bertz CT molecular complexity index is 990. The van der Waals surface area contributed by atoms with Gasteiger partial charge in [-0.2, -0.15) is 0 Å². The maximum absolute atomic E-state index is 12.6. The molecule has 118 valence electrons. The Balaban J connectivity index is 1.54. The second-order valence-electron chi connectivity index (χ2n) is 5.28. The van der Waals surface area contributed by atoms with Gasteiger partial charge in [-0.05, 0) is 18.2 Å². The Hall–Kier alpha value is -2.86. The molecule has 0 bridgehead atoms. The minimum atomic E-state index is 0.0695. The SMILES string of the molecule is O=C(CSc1nncn1-c1ccccc1)c1c[nH]c2ccccc12. The lowest BCUT2D eigenvalue weighted by Crippen LogP contribution is -2.03. The normalized spacial score (nSPS) is 11.0. The highest BCUT2D eigenvalue weighted by Gasteiger charge is 2.14. The summed E-state index contributed by atoms with van der Waals surface area (Å²) < 4.78 is 1.88. The zero-order chi connectivity index (χ0) is 16.4. The van der Waals surface area contributed by atoms with E-state index in [0.717, 1.165) is 16.6 Å². The van der Waals surface area contributed by atoms with Crippen LogP contribution < -0.4 is 0 Å². The first-order valence-corrected chi connectivity index (χ1v) is 8.49. The number of hydrogen-bond donors (Lipinski definition) is 1. The van der Waals surface area contributed by atoms with Crippen molar-refractivity contribution < 1.29 is 4.79 Å². The molecule has 0 fully saturated rings. The number of fused-ring (bicyclic) bond motifs is 1. The Kier molecular flexibility index (Phi) is 3.88. The van der Waals surface area contributed by atoms with E-state index in [1.807, 2.05) is 59.2 Å². The first-order valence-electron chi connectivity index (χ1n) is 7.50. The molecule has 4 rings (SSSR count). The van der Waals surface area contributed by atoms with E-state index in [0.29, 0.717) is 16.5 Å². The van der Waals surface area contributed by atoms with Gasteiger partial charge in [-0.3, -0.25) is 9.36 Å². The third-order valence-electron chi connectivity index (χ3n) is 3.77. The molecule has 0 atom stereocenters. The molecule has 0 aliphatic rings. The summed E-state index contributed by atoms with van der Waals surface area (Å²) in [5.41, 5.74) is 2.66. The maximum Gasteiger partial charge on any atom is 0.196 e. The van der Waals surface area contributed by atoms with Crippen molar-refractivity contribution in [2.75, 3.05) is 5.75 Å². The van der Waals surface area contributed by atoms with Crippen LogP contribution in [0.1, 0.15) is 10.4 Å². The van der Waals surface area contributed by atoms with Crippen molar-refractivity contribution in [1.82, 2.24) is 19.7 Å². The summed E-state index contributed by atoms with van der Waals surface area (Å²) >= 11 is 1.39. The number of Topliss-reactive ketones (excluding diaryl/α,β-unsaturated/α-hetero) is 1. The van der Waals surface area contributed by atoms with Crippen molar-refractivity contribution in [1.29, 1.82) is 0 Å². The van der Waals surface area contributed by atoms with Crippen LogP contribution >= 0.6 is 11.8 Å². The van der Waals surface area contributed by atoms with Gasteiger partial charge in [-0.25, -0.2) is 0 Å². The number of aromatic amines is 1. The van der Waals surface area contributed by atoms with Gasteiger partial charge in [0.05, 0.1) is 5.75 Å². The maximum atomic E-state index is 12.6. The molecule has 0 amide bonds. The third-order valence-corrected chi connectivity index (χ3v) is 4.72. The van der Waals surface area contributed by atoms with Gasteiger partial charge in [0, 0.05) is 28.4 Å². The fourth-order valence-electron chi connectivity index (χ4n) is 2.60. The number of H-pyrrole nitrogens is 1. The summed E-state index contributed by atoms with van der Waals surface area (Å²) in [6, 6.07) is 17.6. The summed E-state index contributed by atoms with van der Waals surface area (Å²) in [6.45, 7) is 0. The van der Waals surface area contributed by atoms with E-state index in [1.165, 1.54) is 11.8 Å². The van der Waals surface area contributed by atoms with E-state index in [-0.39, 0.29) is 5.78 Å². The van der Waals surface area contributed by atoms with Crippen LogP contribution in [0.15, 0.2) is 72.3 Å². The monoisotopic (exact) mass is 334 g/mol. The van der Waals surface area contributed by atoms with Crippen LogP contribution in [0.25, 0.3) is 16.6 Å². The van der Waals surface area contributed by atoms with Crippen LogP contribution in [0.3, 0.4) is 0 Å². The molecular formula is C18H14N4OS. The molecule has 4 aromatic rings. The van der Waals surface area contributed by atoms with E-state index < -0.39 is 0 Å². The van der Waals surface area contributed by atoms with Crippen molar-refractivity contribution >= 4 is 28.4 Å². The number of ketones is 1. The summed E-state index contributed by atoms with van der Waals surface area (Å²) in [6.07, 6.45) is 3.43. The van der Waals surface area contributed by atoms with Gasteiger partial charge >= 0.3 is 0 Å². The van der Waals surface area contributed by atoms with Gasteiger partial charge in [0.25, 0.3) is 0 Å². The largest absolute Gasteiger partial charge is 0.360 e. The molecular weight excluding hydrogens is 320 g/mol. The lowest BCUT2D eigenvalue weighted by atomic mass is 10.1. The predicted octanol–water partition coefficient (Wildman–Crippen LogP) is 3.72. The van der Waals surface area contributed by atoms with Crippen LogP contribution in [0, 0.1) is 0 Å². The van der Waals surface area contributed by atoms with E-state index in [4.69, 9.17) is 0 Å². The van der Waals surface area contributed by atoms with Gasteiger partial charge in [0.2, 0.25) is 0 Å². The lowest BCUT2D eigenvalue weighted by Gasteiger charge is -2.05. The summed E-state index contributed by atoms with van der Waals surface area (Å²) in [7, 11) is 0. The van der Waals surface area contributed by atoms with Crippen LogP contribution in [-0.4, -0.2) is 31.3 Å². The molecule has 2 aromatic carbocycles. The van der Waals surface area contributed by atoms with E-state index in [1.54, 1.807) is 12.5 Å². The van der Waals surface area contributed by atoms with Gasteiger partial charge < -0.3 is 4.98 Å². The van der Waals surface area contributed by atoms with Crippen molar-refractivity contribution in [3.05, 3.63) is 72.7 Å². The van der Waals surface area contributed by atoms with Gasteiger partial charge in [-0.1, -0.05) is 48.2 Å². The average Bonchev–Trinajstić information content (AvgIpc) is 3.27. The average molecular weight is 334 g/mol. The fourth-order valence-corrected chi connectivity index (χ4v) is 3.41. The number of para-hydroxylation sites is 2. The minimum absolute atomic E-state index is 0.0695.